The second-order valence-corrected chi connectivity index (χ2v) is 6.66. The molecule has 1 aromatic carbocycles. The SMILES string of the molecule is O=C(Nc1ccc(Cl)c(Cl)c1)NC1CCN(c2nccs2)C1. The Hall–Kier alpha value is -1.50. The number of urea groups is 1. The van der Waals surface area contributed by atoms with Gasteiger partial charge in [-0.15, -0.1) is 11.3 Å². The number of nitrogens with zero attached hydrogens (tertiary/aromatic N) is 2. The summed E-state index contributed by atoms with van der Waals surface area (Å²) in [6, 6.07) is 4.85. The number of halogens is 2. The zero-order valence-electron chi connectivity index (χ0n) is 11.6. The van der Waals surface area contributed by atoms with E-state index in [1.807, 2.05) is 5.38 Å². The van der Waals surface area contributed by atoms with Crippen LogP contribution in [0.4, 0.5) is 15.6 Å². The Bertz CT molecular complexity index is 665. The molecule has 0 radical (unpaired) electrons. The summed E-state index contributed by atoms with van der Waals surface area (Å²) < 4.78 is 0. The van der Waals surface area contributed by atoms with Crippen LogP contribution < -0.4 is 15.5 Å². The molecule has 2 heterocycles. The highest BCUT2D eigenvalue weighted by Crippen LogP contribution is 2.25. The van der Waals surface area contributed by atoms with Crippen LogP contribution in [-0.2, 0) is 0 Å². The molecule has 3 rings (SSSR count). The molecule has 1 aromatic heterocycles. The van der Waals surface area contributed by atoms with Gasteiger partial charge in [0.2, 0.25) is 0 Å². The molecule has 2 N–H and O–H groups in total. The van der Waals surface area contributed by atoms with Gasteiger partial charge in [-0.3, -0.25) is 0 Å². The number of carbonyl (C=O) groups is 1. The number of hydrogen-bond donors (Lipinski definition) is 2. The molecule has 0 spiro atoms. The van der Waals surface area contributed by atoms with Crippen molar-refractivity contribution in [1.82, 2.24) is 10.3 Å². The van der Waals surface area contributed by atoms with E-state index in [-0.39, 0.29) is 12.1 Å². The molecule has 1 fully saturated rings. The molecular weight excluding hydrogens is 343 g/mol. The van der Waals surface area contributed by atoms with E-state index in [4.69, 9.17) is 23.2 Å². The van der Waals surface area contributed by atoms with Crippen LogP contribution in [-0.4, -0.2) is 30.1 Å². The minimum Gasteiger partial charge on any atom is -0.346 e. The van der Waals surface area contributed by atoms with Crippen LogP contribution in [0.3, 0.4) is 0 Å². The van der Waals surface area contributed by atoms with Crippen LogP contribution >= 0.6 is 34.5 Å². The number of hydrogen-bond acceptors (Lipinski definition) is 4. The first-order valence-electron chi connectivity index (χ1n) is 6.79. The quantitative estimate of drug-likeness (QED) is 0.877. The lowest BCUT2D eigenvalue weighted by Gasteiger charge is -2.16. The van der Waals surface area contributed by atoms with Gasteiger partial charge in [0.1, 0.15) is 0 Å². The Morgan fingerprint density at radius 1 is 1.36 bits per heavy atom. The fraction of sp³-hybridized carbons (Fsp3) is 0.286. The molecule has 5 nitrogen and oxygen atoms in total. The van der Waals surface area contributed by atoms with Gasteiger partial charge in [-0.1, -0.05) is 23.2 Å². The average Bonchev–Trinajstić information content (AvgIpc) is 3.13. The largest absolute Gasteiger partial charge is 0.346 e. The minimum atomic E-state index is -0.246. The predicted octanol–water partition coefficient (Wildman–Crippen LogP) is 3.85. The molecule has 1 saturated heterocycles. The van der Waals surface area contributed by atoms with E-state index in [9.17, 15) is 4.79 Å². The van der Waals surface area contributed by atoms with Gasteiger partial charge < -0.3 is 15.5 Å². The highest BCUT2D eigenvalue weighted by molar-refractivity contribution is 7.13. The molecular formula is C14H14Cl2N4OS. The third-order valence-electron chi connectivity index (χ3n) is 3.39. The highest BCUT2D eigenvalue weighted by Gasteiger charge is 2.25. The van der Waals surface area contributed by atoms with Gasteiger partial charge in [0.25, 0.3) is 0 Å². The second kappa shape index (κ2) is 6.73. The lowest BCUT2D eigenvalue weighted by Crippen LogP contribution is -2.39. The average molecular weight is 357 g/mol. The summed E-state index contributed by atoms with van der Waals surface area (Å²) in [6.45, 7) is 1.66. The molecule has 1 aliphatic heterocycles. The smallest absolute Gasteiger partial charge is 0.319 e. The Morgan fingerprint density at radius 2 is 2.23 bits per heavy atom. The fourth-order valence-electron chi connectivity index (χ4n) is 2.35. The van der Waals surface area contributed by atoms with Gasteiger partial charge >= 0.3 is 6.03 Å². The van der Waals surface area contributed by atoms with Crippen molar-refractivity contribution in [2.75, 3.05) is 23.3 Å². The van der Waals surface area contributed by atoms with E-state index in [1.54, 1.807) is 35.7 Å². The van der Waals surface area contributed by atoms with Crippen LogP contribution in [0.2, 0.25) is 10.0 Å². The van der Waals surface area contributed by atoms with Crippen molar-refractivity contribution in [1.29, 1.82) is 0 Å². The Morgan fingerprint density at radius 3 is 2.95 bits per heavy atom. The molecule has 8 heteroatoms. The molecule has 22 heavy (non-hydrogen) atoms. The monoisotopic (exact) mass is 356 g/mol. The number of aromatic nitrogens is 1. The van der Waals surface area contributed by atoms with Gasteiger partial charge in [0.15, 0.2) is 5.13 Å². The van der Waals surface area contributed by atoms with Crippen molar-refractivity contribution in [2.45, 2.75) is 12.5 Å². The molecule has 1 unspecified atom stereocenters. The maximum Gasteiger partial charge on any atom is 0.319 e. The number of carbonyl (C=O) groups excluding carboxylic acids is 1. The minimum absolute atomic E-state index is 0.103. The molecule has 2 aromatic rings. The topological polar surface area (TPSA) is 57.3 Å². The van der Waals surface area contributed by atoms with E-state index in [2.05, 4.69) is 20.5 Å². The van der Waals surface area contributed by atoms with Gasteiger partial charge in [0, 0.05) is 36.4 Å². The van der Waals surface area contributed by atoms with Crippen molar-refractivity contribution in [3.63, 3.8) is 0 Å². The van der Waals surface area contributed by atoms with Gasteiger partial charge in [-0.05, 0) is 24.6 Å². The van der Waals surface area contributed by atoms with Crippen molar-refractivity contribution in [2.24, 2.45) is 0 Å². The molecule has 1 aliphatic rings. The fourth-order valence-corrected chi connectivity index (χ4v) is 3.33. The van der Waals surface area contributed by atoms with Gasteiger partial charge in [-0.25, -0.2) is 9.78 Å². The zero-order valence-corrected chi connectivity index (χ0v) is 13.9. The van der Waals surface area contributed by atoms with Crippen LogP contribution in [0.1, 0.15) is 6.42 Å². The van der Waals surface area contributed by atoms with E-state index in [0.717, 1.165) is 24.6 Å². The normalized spacial score (nSPS) is 17.5. The number of benzene rings is 1. The first-order chi connectivity index (χ1) is 10.6. The van der Waals surface area contributed by atoms with Crippen LogP contribution in [0, 0.1) is 0 Å². The lowest BCUT2D eigenvalue weighted by molar-refractivity contribution is 0.249. The second-order valence-electron chi connectivity index (χ2n) is 4.97. The van der Waals surface area contributed by atoms with E-state index >= 15 is 0 Å². The summed E-state index contributed by atoms with van der Waals surface area (Å²) in [5.41, 5.74) is 0.613. The molecule has 0 saturated carbocycles. The van der Waals surface area contributed by atoms with E-state index < -0.39 is 0 Å². The summed E-state index contributed by atoms with van der Waals surface area (Å²) in [6.07, 6.45) is 2.69. The molecule has 116 valence electrons. The first-order valence-corrected chi connectivity index (χ1v) is 8.42. The van der Waals surface area contributed by atoms with Crippen molar-refractivity contribution >= 4 is 51.4 Å². The van der Waals surface area contributed by atoms with Crippen molar-refractivity contribution < 1.29 is 4.79 Å². The van der Waals surface area contributed by atoms with Crippen molar-refractivity contribution in [3.05, 3.63) is 39.8 Å². The Balaban J connectivity index is 1.53. The standard InChI is InChI=1S/C14H14Cl2N4OS/c15-11-2-1-9(7-12(11)16)18-13(21)19-10-3-5-20(8-10)14-17-4-6-22-14/h1-2,4,6-7,10H,3,5,8H2,(H2,18,19,21). The number of nitrogens with one attached hydrogen (secondary N) is 2. The Kier molecular flexibility index (Phi) is 4.71. The Labute approximate surface area is 142 Å². The van der Waals surface area contributed by atoms with Crippen molar-refractivity contribution in [3.8, 4) is 0 Å². The maximum atomic E-state index is 12.0. The summed E-state index contributed by atoms with van der Waals surface area (Å²) in [7, 11) is 0. The number of anilines is 2. The summed E-state index contributed by atoms with van der Waals surface area (Å²) in [4.78, 5) is 18.5. The summed E-state index contributed by atoms with van der Waals surface area (Å²) in [5.74, 6) is 0. The summed E-state index contributed by atoms with van der Waals surface area (Å²) >= 11 is 13.4. The van der Waals surface area contributed by atoms with Gasteiger partial charge in [0.05, 0.1) is 10.0 Å². The zero-order chi connectivity index (χ0) is 15.5. The molecule has 1 atom stereocenters. The van der Waals surface area contributed by atoms with Crippen LogP contribution in [0.5, 0.6) is 0 Å². The van der Waals surface area contributed by atoms with E-state index in [0.29, 0.717) is 15.7 Å². The highest BCUT2D eigenvalue weighted by atomic mass is 35.5. The molecule has 0 aliphatic carbocycles. The third-order valence-corrected chi connectivity index (χ3v) is 4.96. The number of amides is 2. The van der Waals surface area contributed by atoms with Crippen LogP contribution in [0.25, 0.3) is 0 Å². The molecule has 0 bridgehead atoms. The number of rotatable bonds is 3. The maximum absolute atomic E-state index is 12.0. The van der Waals surface area contributed by atoms with Gasteiger partial charge in [-0.2, -0.15) is 0 Å². The first kappa shape index (κ1) is 15.4. The number of thiazole rings is 1. The van der Waals surface area contributed by atoms with Crippen LogP contribution in [0.15, 0.2) is 29.8 Å². The predicted molar refractivity (Wildman–Crippen MR) is 91.3 cm³/mol. The molecule has 2 amide bonds. The van der Waals surface area contributed by atoms with E-state index in [1.165, 1.54) is 0 Å². The third kappa shape index (κ3) is 3.63. The lowest BCUT2D eigenvalue weighted by atomic mass is 10.3. The summed E-state index contributed by atoms with van der Waals surface area (Å²) in [5, 5.41) is 9.54.